The molecule has 6 nitrogen and oxygen atoms in total. The fourth-order valence-electron chi connectivity index (χ4n) is 3.50. The molecule has 0 bridgehead atoms. The number of carbonyl (C=O) groups excluding carboxylic acids is 1. The number of H-pyrrole nitrogens is 1. The number of nitrogens with zero attached hydrogens (tertiary/aromatic N) is 1. The summed E-state index contributed by atoms with van der Waals surface area (Å²) in [5, 5.41) is 13.2. The second kappa shape index (κ2) is 9.74. The number of hydrogen-bond donors (Lipinski definition) is 3. The molecule has 0 unspecified atom stereocenters. The van der Waals surface area contributed by atoms with Crippen LogP contribution in [0.4, 0.5) is 24.7 Å². The standard InChI is InChI=1S/C24H21F3N4O2/c1-33-7-6-28-18-3-4-21(27)19(13-18)24(32)29-23-20-11-14(2-5-22(20)30-31-23)8-15-9-16(25)12-17(26)10-15/h2-5,9-13,28H,6-8H2,1H3,(H2,29,30,31,32). The van der Waals surface area contributed by atoms with Crippen molar-refractivity contribution in [3.05, 3.63) is 88.7 Å². The molecule has 4 rings (SSSR count). The van der Waals surface area contributed by atoms with Crippen molar-refractivity contribution >= 4 is 28.3 Å². The zero-order chi connectivity index (χ0) is 23.4. The molecule has 0 fully saturated rings. The molecule has 0 atom stereocenters. The third-order valence-corrected chi connectivity index (χ3v) is 5.04. The van der Waals surface area contributed by atoms with E-state index in [9.17, 15) is 18.0 Å². The average molecular weight is 454 g/mol. The molecule has 1 amide bonds. The van der Waals surface area contributed by atoms with Gasteiger partial charge >= 0.3 is 0 Å². The largest absolute Gasteiger partial charge is 0.383 e. The van der Waals surface area contributed by atoms with Gasteiger partial charge in [0.2, 0.25) is 0 Å². The Morgan fingerprint density at radius 2 is 1.79 bits per heavy atom. The number of benzene rings is 3. The Hall–Kier alpha value is -3.85. The Morgan fingerprint density at radius 1 is 1.00 bits per heavy atom. The lowest BCUT2D eigenvalue weighted by atomic mass is 10.0. The fourth-order valence-corrected chi connectivity index (χ4v) is 3.50. The van der Waals surface area contributed by atoms with Crippen molar-refractivity contribution in [3.8, 4) is 0 Å². The molecule has 0 radical (unpaired) electrons. The molecule has 0 saturated carbocycles. The Labute approximate surface area is 187 Å². The smallest absolute Gasteiger partial charge is 0.259 e. The topological polar surface area (TPSA) is 79.0 Å². The lowest BCUT2D eigenvalue weighted by Crippen LogP contribution is -2.15. The monoisotopic (exact) mass is 454 g/mol. The van der Waals surface area contributed by atoms with Crippen molar-refractivity contribution in [2.24, 2.45) is 0 Å². The third-order valence-electron chi connectivity index (χ3n) is 5.04. The van der Waals surface area contributed by atoms with Crippen LogP contribution in [0.15, 0.2) is 54.6 Å². The first-order valence-corrected chi connectivity index (χ1v) is 10.2. The van der Waals surface area contributed by atoms with Gasteiger partial charge in [0, 0.05) is 30.8 Å². The molecule has 0 aliphatic heterocycles. The molecule has 0 aliphatic rings. The van der Waals surface area contributed by atoms with Crippen molar-refractivity contribution < 1.29 is 22.7 Å². The number of ether oxygens (including phenoxy) is 1. The van der Waals surface area contributed by atoms with Crippen LogP contribution in [0.2, 0.25) is 0 Å². The Bertz CT molecular complexity index is 1290. The predicted molar refractivity (Wildman–Crippen MR) is 120 cm³/mol. The molecule has 1 heterocycles. The summed E-state index contributed by atoms with van der Waals surface area (Å²) in [7, 11) is 1.57. The number of halogens is 3. The first-order valence-electron chi connectivity index (χ1n) is 10.2. The van der Waals surface area contributed by atoms with Gasteiger partial charge in [-0.15, -0.1) is 0 Å². The quantitative estimate of drug-likeness (QED) is 0.332. The molecule has 3 aromatic carbocycles. The number of amides is 1. The zero-order valence-corrected chi connectivity index (χ0v) is 17.7. The molecule has 33 heavy (non-hydrogen) atoms. The minimum atomic E-state index is -0.668. The predicted octanol–water partition coefficient (Wildman–Crippen LogP) is 4.88. The highest BCUT2D eigenvalue weighted by molar-refractivity contribution is 6.08. The second-order valence-electron chi connectivity index (χ2n) is 7.47. The maximum absolute atomic E-state index is 14.3. The maximum atomic E-state index is 14.3. The number of rotatable bonds is 8. The average Bonchev–Trinajstić information content (AvgIpc) is 3.16. The molecule has 1 aromatic heterocycles. The molecule has 3 N–H and O–H groups in total. The van der Waals surface area contributed by atoms with Gasteiger partial charge in [-0.3, -0.25) is 9.89 Å². The fraction of sp³-hybridized carbons (Fsp3) is 0.167. The summed E-state index contributed by atoms with van der Waals surface area (Å²) in [6.45, 7) is 0.966. The summed E-state index contributed by atoms with van der Waals surface area (Å²) in [5.74, 6) is -2.40. The molecule has 0 aliphatic carbocycles. The minimum Gasteiger partial charge on any atom is -0.383 e. The van der Waals surface area contributed by atoms with Gasteiger partial charge in [-0.05, 0) is 60.0 Å². The van der Waals surface area contributed by atoms with E-state index in [0.717, 1.165) is 11.6 Å². The third kappa shape index (κ3) is 5.32. The number of carbonyl (C=O) groups is 1. The van der Waals surface area contributed by atoms with Crippen molar-refractivity contribution in [3.63, 3.8) is 0 Å². The van der Waals surface area contributed by atoms with Crippen LogP contribution in [0, 0.1) is 17.5 Å². The summed E-state index contributed by atoms with van der Waals surface area (Å²) >= 11 is 0. The first-order chi connectivity index (χ1) is 15.9. The van der Waals surface area contributed by atoms with E-state index in [1.807, 2.05) is 0 Å². The van der Waals surface area contributed by atoms with Gasteiger partial charge in [-0.25, -0.2) is 13.2 Å². The van der Waals surface area contributed by atoms with E-state index in [2.05, 4.69) is 20.8 Å². The van der Waals surface area contributed by atoms with Crippen LogP contribution in [0.1, 0.15) is 21.5 Å². The van der Waals surface area contributed by atoms with E-state index >= 15 is 0 Å². The van der Waals surface area contributed by atoms with Crippen LogP contribution in [0.3, 0.4) is 0 Å². The van der Waals surface area contributed by atoms with Gasteiger partial charge in [-0.1, -0.05) is 6.07 Å². The van der Waals surface area contributed by atoms with Crippen LogP contribution >= 0.6 is 0 Å². The highest BCUT2D eigenvalue weighted by Crippen LogP contribution is 2.25. The lowest BCUT2D eigenvalue weighted by Gasteiger charge is -2.09. The van der Waals surface area contributed by atoms with E-state index in [0.29, 0.717) is 35.3 Å². The summed E-state index contributed by atoms with van der Waals surface area (Å²) in [6, 6.07) is 12.8. The van der Waals surface area contributed by atoms with Gasteiger partial charge in [0.05, 0.1) is 17.7 Å². The number of methoxy groups -OCH3 is 1. The molecule has 9 heteroatoms. The molecule has 0 saturated heterocycles. The van der Waals surface area contributed by atoms with Crippen molar-refractivity contribution in [1.82, 2.24) is 10.2 Å². The van der Waals surface area contributed by atoms with Gasteiger partial charge < -0.3 is 15.4 Å². The summed E-state index contributed by atoms with van der Waals surface area (Å²) in [5.41, 5.74) is 2.32. The first kappa shape index (κ1) is 22.3. The summed E-state index contributed by atoms with van der Waals surface area (Å²) in [6.07, 6.45) is 0.285. The highest BCUT2D eigenvalue weighted by atomic mass is 19.1. The zero-order valence-electron chi connectivity index (χ0n) is 17.7. The number of nitrogens with one attached hydrogen (secondary N) is 3. The van der Waals surface area contributed by atoms with E-state index in [1.165, 1.54) is 30.3 Å². The van der Waals surface area contributed by atoms with Gasteiger partial charge in [-0.2, -0.15) is 5.10 Å². The van der Waals surface area contributed by atoms with Crippen molar-refractivity contribution in [1.29, 1.82) is 0 Å². The lowest BCUT2D eigenvalue weighted by molar-refractivity contribution is 0.102. The van der Waals surface area contributed by atoms with Gasteiger partial charge in [0.1, 0.15) is 17.5 Å². The van der Waals surface area contributed by atoms with Crippen molar-refractivity contribution in [2.45, 2.75) is 6.42 Å². The van der Waals surface area contributed by atoms with Crippen LogP contribution in [0.25, 0.3) is 10.9 Å². The van der Waals surface area contributed by atoms with Crippen LogP contribution in [-0.4, -0.2) is 36.4 Å². The maximum Gasteiger partial charge on any atom is 0.259 e. The molecular weight excluding hydrogens is 433 g/mol. The number of aromatic amines is 1. The Balaban J connectivity index is 1.56. The highest BCUT2D eigenvalue weighted by Gasteiger charge is 2.16. The SMILES string of the molecule is COCCNc1ccc(F)c(C(=O)Nc2n[nH]c3ccc(Cc4cc(F)cc(F)c4)cc23)c1. The number of hydrogen-bond acceptors (Lipinski definition) is 4. The van der Waals surface area contributed by atoms with E-state index < -0.39 is 23.4 Å². The van der Waals surface area contributed by atoms with E-state index in [4.69, 9.17) is 4.74 Å². The van der Waals surface area contributed by atoms with Gasteiger partial charge in [0.25, 0.3) is 5.91 Å². The van der Waals surface area contributed by atoms with Crippen LogP contribution in [-0.2, 0) is 11.2 Å². The van der Waals surface area contributed by atoms with E-state index in [-0.39, 0.29) is 17.8 Å². The van der Waals surface area contributed by atoms with E-state index in [1.54, 1.807) is 25.3 Å². The van der Waals surface area contributed by atoms with Crippen molar-refractivity contribution in [2.75, 3.05) is 30.9 Å². The molecular formula is C24H21F3N4O2. The summed E-state index contributed by atoms with van der Waals surface area (Å²) in [4.78, 5) is 12.8. The minimum absolute atomic E-state index is 0.139. The summed E-state index contributed by atoms with van der Waals surface area (Å²) < 4.78 is 46.3. The number of fused-ring (bicyclic) bond motifs is 1. The normalized spacial score (nSPS) is 11.0. The molecule has 4 aromatic rings. The Kier molecular flexibility index (Phi) is 6.60. The molecule has 170 valence electrons. The number of aromatic nitrogens is 2. The second-order valence-corrected chi connectivity index (χ2v) is 7.47. The molecule has 0 spiro atoms. The van der Waals surface area contributed by atoms with Crippen LogP contribution in [0.5, 0.6) is 0 Å². The number of anilines is 2. The van der Waals surface area contributed by atoms with Gasteiger partial charge in [0.15, 0.2) is 5.82 Å². The Morgan fingerprint density at radius 3 is 2.55 bits per heavy atom. The van der Waals surface area contributed by atoms with Crippen LogP contribution < -0.4 is 10.6 Å².